The first-order valence-electron chi connectivity index (χ1n) is 5.95. The lowest BCUT2D eigenvalue weighted by atomic mass is 10.2. The predicted molar refractivity (Wildman–Crippen MR) is 67.8 cm³/mol. The van der Waals surface area contributed by atoms with Gasteiger partial charge in [-0.15, -0.1) is 0 Å². The van der Waals surface area contributed by atoms with Crippen molar-refractivity contribution in [2.75, 3.05) is 17.6 Å². The topological polar surface area (TPSA) is 47.3 Å². The van der Waals surface area contributed by atoms with Crippen molar-refractivity contribution in [3.8, 4) is 5.75 Å². The number of rotatable bonds is 5. The minimum Gasteiger partial charge on any atom is -0.489 e. The molecule has 0 aromatic heterocycles. The molecule has 3 N–H and O–H groups in total. The van der Waals surface area contributed by atoms with Crippen LogP contribution in [-0.4, -0.2) is 12.6 Å². The average Bonchev–Trinajstić information content (AvgIpc) is 3.02. The van der Waals surface area contributed by atoms with Crippen LogP contribution in [0.4, 0.5) is 11.4 Å². The molecule has 1 aromatic rings. The van der Waals surface area contributed by atoms with Gasteiger partial charge in [0.1, 0.15) is 5.75 Å². The molecule has 1 aliphatic carbocycles. The summed E-state index contributed by atoms with van der Waals surface area (Å²) >= 11 is 0. The second kappa shape index (κ2) is 4.64. The number of ether oxygens (including phenoxy) is 1. The van der Waals surface area contributed by atoms with E-state index in [2.05, 4.69) is 5.32 Å². The molecule has 88 valence electrons. The maximum Gasteiger partial charge on any atom is 0.144 e. The van der Waals surface area contributed by atoms with Crippen molar-refractivity contribution in [2.24, 2.45) is 5.92 Å². The molecule has 0 unspecified atom stereocenters. The Hall–Kier alpha value is -1.38. The second-order valence-electron chi connectivity index (χ2n) is 4.74. The highest BCUT2D eigenvalue weighted by molar-refractivity contribution is 5.61. The highest BCUT2D eigenvalue weighted by Gasteiger charge is 2.20. The maximum atomic E-state index is 5.85. The number of hydrogen-bond donors (Lipinski definition) is 2. The first-order chi connectivity index (χ1) is 7.65. The van der Waals surface area contributed by atoms with E-state index in [1.54, 1.807) is 0 Å². The Morgan fingerprint density at radius 3 is 2.81 bits per heavy atom. The average molecular weight is 220 g/mol. The second-order valence-corrected chi connectivity index (χ2v) is 4.74. The van der Waals surface area contributed by atoms with Crippen LogP contribution in [0.3, 0.4) is 0 Å². The molecule has 1 aliphatic rings. The minimum atomic E-state index is 0.154. The lowest BCUT2D eigenvalue weighted by molar-refractivity contribution is 0.244. The van der Waals surface area contributed by atoms with E-state index in [1.165, 1.54) is 12.8 Å². The molecule has 0 saturated heterocycles. The molecule has 2 rings (SSSR count). The van der Waals surface area contributed by atoms with Crippen molar-refractivity contribution in [1.29, 1.82) is 0 Å². The zero-order valence-corrected chi connectivity index (χ0v) is 9.99. The van der Waals surface area contributed by atoms with E-state index < -0.39 is 0 Å². The fraction of sp³-hybridized carbons (Fsp3) is 0.538. The van der Waals surface area contributed by atoms with Crippen LogP contribution in [0.1, 0.15) is 26.7 Å². The van der Waals surface area contributed by atoms with Crippen molar-refractivity contribution >= 4 is 11.4 Å². The molecule has 16 heavy (non-hydrogen) atoms. The lowest BCUT2D eigenvalue weighted by Gasteiger charge is -2.14. The van der Waals surface area contributed by atoms with Gasteiger partial charge in [-0.25, -0.2) is 0 Å². The van der Waals surface area contributed by atoms with Gasteiger partial charge in [-0.2, -0.15) is 0 Å². The molecule has 0 bridgehead atoms. The Morgan fingerprint density at radius 1 is 1.44 bits per heavy atom. The summed E-state index contributed by atoms with van der Waals surface area (Å²) in [5.74, 6) is 1.64. The summed E-state index contributed by atoms with van der Waals surface area (Å²) in [6.45, 7) is 5.07. The van der Waals surface area contributed by atoms with Gasteiger partial charge in [0.15, 0.2) is 0 Å². The molecule has 0 atom stereocenters. The Bertz CT molecular complexity index is 359. The summed E-state index contributed by atoms with van der Waals surface area (Å²) in [4.78, 5) is 0. The van der Waals surface area contributed by atoms with Gasteiger partial charge in [0, 0.05) is 18.3 Å². The number of benzene rings is 1. The molecule has 0 radical (unpaired) electrons. The highest BCUT2D eigenvalue weighted by Crippen LogP contribution is 2.30. The van der Waals surface area contributed by atoms with E-state index in [0.29, 0.717) is 5.69 Å². The Labute approximate surface area is 97.0 Å². The van der Waals surface area contributed by atoms with Crippen LogP contribution in [0.25, 0.3) is 0 Å². The zero-order chi connectivity index (χ0) is 11.5. The standard InChI is InChI=1S/C13H20N2O/c1-9(2)16-13-7-11(5-6-12(13)14)15-8-10-3-4-10/h5-7,9-10,15H,3-4,8,14H2,1-2H3. The number of hydrogen-bond acceptors (Lipinski definition) is 3. The Kier molecular flexibility index (Phi) is 3.22. The van der Waals surface area contributed by atoms with E-state index in [4.69, 9.17) is 10.5 Å². The third-order valence-electron chi connectivity index (χ3n) is 2.67. The third-order valence-corrected chi connectivity index (χ3v) is 2.67. The van der Waals surface area contributed by atoms with Gasteiger partial charge in [0.2, 0.25) is 0 Å². The predicted octanol–water partition coefficient (Wildman–Crippen LogP) is 2.88. The van der Waals surface area contributed by atoms with Crippen LogP contribution in [0.2, 0.25) is 0 Å². The van der Waals surface area contributed by atoms with Gasteiger partial charge in [-0.3, -0.25) is 0 Å². The quantitative estimate of drug-likeness (QED) is 0.750. The van der Waals surface area contributed by atoms with Gasteiger partial charge in [-0.1, -0.05) is 0 Å². The number of nitrogens with two attached hydrogens (primary N) is 1. The first kappa shape index (κ1) is 11.1. The van der Waals surface area contributed by atoms with Crippen molar-refractivity contribution in [1.82, 2.24) is 0 Å². The molecular weight excluding hydrogens is 200 g/mol. The van der Waals surface area contributed by atoms with Gasteiger partial charge in [0.05, 0.1) is 11.8 Å². The fourth-order valence-corrected chi connectivity index (χ4v) is 1.58. The van der Waals surface area contributed by atoms with E-state index in [0.717, 1.165) is 23.9 Å². The van der Waals surface area contributed by atoms with Gasteiger partial charge >= 0.3 is 0 Å². The monoisotopic (exact) mass is 220 g/mol. The van der Waals surface area contributed by atoms with Gasteiger partial charge in [0.25, 0.3) is 0 Å². The fourth-order valence-electron chi connectivity index (χ4n) is 1.58. The van der Waals surface area contributed by atoms with Crippen LogP contribution in [-0.2, 0) is 0 Å². The van der Waals surface area contributed by atoms with Crippen LogP contribution in [0.5, 0.6) is 5.75 Å². The Balaban J connectivity index is 2.01. The summed E-state index contributed by atoms with van der Waals surface area (Å²) in [6, 6.07) is 5.88. The largest absolute Gasteiger partial charge is 0.489 e. The summed E-state index contributed by atoms with van der Waals surface area (Å²) in [5.41, 5.74) is 7.65. The van der Waals surface area contributed by atoms with Crippen molar-refractivity contribution in [2.45, 2.75) is 32.8 Å². The summed E-state index contributed by atoms with van der Waals surface area (Å²) in [5, 5.41) is 3.41. The van der Waals surface area contributed by atoms with Crippen molar-refractivity contribution in [3.05, 3.63) is 18.2 Å². The summed E-state index contributed by atoms with van der Waals surface area (Å²) < 4.78 is 5.64. The molecule has 1 aromatic carbocycles. The first-order valence-corrected chi connectivity index (χ1v) is 5.95. The summed E-state index contributed by atoms with van der Waals surface area (Å²) in [7, 11) is 0. The van der Waals surface area contributed by atoms with Crippen molar-refractivity contribution < 1.29 is 4.74 Å². The summed E-state index contributed by atoms with van der Waals surface area (Å²) in [6.07, 6.45) is 2.87. The van der Waals surface area contributed by atoms with E-state index >= 15 is 0 Å². The van der Waals surface area contributed by atoms with E-state index in [-0.39, 0.29) is 6.10 Å². The van der Waals surface area contributed by atoms with E-state index in [1.807, 2.05) is 32.0 Å². The van der Waals surface area contributed by atoms with Crippen LogP contribution in [0.15, 0.2) is 18.2 Å². The molecule has 1 fully saturated rings. The molecule has 0 amide bonds. The number of nitrogens with one attached hydrogen (secondary N) is 1. The maximum absolute atomic E-state index is 5.85. The molecule has 0 aliphatic heterocycles. The molecular formula is C13H20N2O. The smallest absolute Gasteiger partial charge is 0.144 e. The number of nitrogen functional groups attached to an aromatic ring is 1. The van der Waals surface area contributed by atoms with E-state index in [9.17, 15) is 0 Å². The van der Waals surface area contributed by atoms with Crippen LogP contribution >= 0.6 is 0 Å². The lowest BCUT2D eigenvalue weighted by Crippen LogP contribution is -2.08. The minimum absolute atomic E-state index is 0.154. The molecule has 3 nitrogen and oxygen atoms in total. The normalized spacial score (nSPS) is 15.2. The Morgan fingerprint density at radius 2 is 2.19 bits per heavy atom. The van der Waals surface area contributed by atoms with Gasteiger partial charge in [-0.05, 0) is 44.7 Å². The molecule has 0 heterocycles. The SMILES string of the molecule is CC(C)Oc1cc(NCC2CC2)ccc1N. The van der Waals surface area contributed by atoms with Gasteiger partial charge < -0.3 is 15.8 Å². The molecule has 1 saturated carbocycles. The highest BCUT2D eigenvalue weighted by atomic mass is 16.5. The number of anilines is 2. The van der Waals surface area contributed by atoms with Crippen LogP contribution in [0, 0.1) is 5.92 Å². The molecule has 3 heteroatoms. The molecule has 0 spiro atoms. The van der Waals surface area contributed by atoms with Crippen molar-refractivity contribution in [3.63, 3.8) is 0 Å². The third kappa shape index (κ3) is 3.05. The van der Waals surface area contributed by atoms with Crippen LogP contribution < -0.4 is 15.8 Å². The zero-order valence-electron chi connectivity index (χ0n) is 9.99.